The van der Waals surface area contributed by atoms with E-state index >= 15 is 0 Å². The third-order valence-electron chi connectivity index (χ3n) is 9.31. The highest BCUT2D eigenvalue weighted by atomic mass is 16.5. The lowest BCUT2D eigenvalue weighted by Crippen LogP contribution is -2.30. The van der Waals surface area contributed by atoms with Crippen LogP contribution in [0.1, 0.15) is 47.9 Å². The van der Waals surface area contributed by atoms with Crippen molar-refractivity contribution in [1.82, 2.24) is 9.80 Å². The zero-order chi connectivity index (χ0) is 41.5. The maximum absolute atomic E-state index is 13.5. The van der Waals surface area contributed by atoms with Gasteiger partial charge in [-0.2, -0.15) is 0 Å². The van der Waals surface area contributed by atoms with Gasteiger partial charge < -0.3 is 38.2 Å². The van der Waals surface area contributed by atoms with Crippen molar-refractivity contribution in [3.63, 3.8) is 0 Å². The molecule has 0 atom stereocenters. The molecule has 10 heteroatoms. The standard InChI is InChI=1S/C48H56N2O8/c1-53-41-31-39(32-42(54-2)47(41)57-5)25-15-17-27-45(51)49(35-37-21-11-9-12-22-37)29-19-7-8-20-30-50(36-38-23-13-10-14-24-38)46(52)28-18-16-26-40-33-43(55-3)48(58-6)44(34-40)56-4/h9-18,21-28,31-34H,7-8,19-20,29-30,35-36H2,1-6H3. The lowest BCUT2D eigenvalue weighted by molar-refractivity contribution is -0.127. The highest BCUT2D eigenvalue weighted by Gasteiger charge is 2.15. The lowest BCUT2D eigenvalue weighted by atomic mass is 10.1. The summed E-state index contributed by atoms with van der Waals surface area (Å²) in [5, 5.41) is 0. The summed E-state index contributed by atoms with van der Waals surface area (Å²) in [5.41, 5.74) is 3.83. The first-order chi connectivity index (χ1) is 28.3. The molecule has 4 aromatic carbocycles. The van der Waals surface area contributed by atoms with Crippen molar-refractivity contribution in [3.8, 4) is 34.5 Å². The van der Waals surface area contributed by atoms with Gasteiger partial charge >= 0.3 is 0 Å². The van der Waals surface area contributed by atoms with E-state index in [1.165, 1.54) is 0 Å². The minimum absolute atomic E-state index is 0.0656. The van der Waals surface area contributed by atoms with Crippen molar-refractivity contribution in [1.29, 1.82) is 0 Å². The van der Waals surface area contributed by atoms with Crippen molar-refractivity contribution in [3.05, 3.63) is 144 Å². The number of methoxy groups -OCH3 is 6. The molecule has 58 heavy (non-hydrogen) atoms. The number of amides is 2. The molecule has 0 unspecified atom stereocenters. The van der Waals surface area contributed by atoms with Crippen molar-refractivity contribution < 1.29 is 38.0 Å². The summed E-state index contributed by atoms with van der Waals surface area (Å²) < 4.78 is 32.7. The second kappa shape index (κ2) is 24.3. The van der Waals surface area contributed by atoms with Gasteiger partial charge in [-0.1, -0.05) is 110 Å². The van der Waals surface area contributed by atoms with Crippen LogP contribution in [-0.2, 0) is 22.7 Å². The van der Waals surface area contributed by atoms with Gasteiger partial charge in [-0.05, 0) is 59.4 Å². The molecule has 0 spiro atoms. The molecular formula is C48H56N2O8. The molecule has 0 aliphatic rings. The number of carbonyl (C=O) groups excluding carboxylic acids is 2. The maximum atomic E-state index is 13.5. The van der Waals surface area contributed by atoms with Crippen molar-refractivity contribution >= 4 is 24.0 Å². The van der Waals surface area contributed by atoms with Gasteiger partial charge in [0, 0.05) is 38.3 Å². The van der Waals surface area contributed by atoms with Crippen LogP contribution in [0.3, 0.4) is 0 Å². The largest absolute Gasteiger partial charge is 0.493 e. The van der Waals surface area contributed by atoms with E-state index < -0.39 is 0 Å². The summed E-state index contributed by atoms with van der Waals surface area (Å²) in [5.74, 6) is 3.14. The average Bonchev–Trinajstić information content (AvgIpc) is 3.26. The third-order valence-corrected chi connectivity index (χ3v) is 9.31. The van der Waals surface area contributed by atoms with E-state index in [4.69, 9.17) is 28.4 Å². The van der Waals surface area contributed by atoms with E-state index in [0.29, 0.717) is 60.7 Å². The Hall–Kier alpha value is -6.42. The van der Waals surface area contributed by atoms with Gasteiger partial charge in [-0.3, -0.25) is 9.59 Å². The molecule has 0 heterocycles. The second-order valence-corrected chi connectivity index (χ2v) is 13.3. The summed E-state index contributed by atoms with van der Waals surface area (Å²) in [4.78, 5) is 30.7. The van der Waals surface area contributed by atoms with Crippen LogP contribution in [0.4, 0.5) is 0 Å². The van der Waals surface area contributed by atoms with Gasteiger partial charge in [-0.25, -0.2) is 0 Å². The predicted octanol–water partition coefficient (Wildman–Crippen LogP) is 9.20. The number of ether oxygens (including phenoxy) is 6. The van der Waals surface area contributed by atoms with E-state index in [1.807, 2.05) is 119 Å². The van der Waals surface area contributed by atoms with Crippen LogP contribution in [0, 0.1) is 0 Å². The number of hydrogen-bond donors (Lipinski definition) is 0. The number of hydrogen-bond acceptors (Lipinski definition) is 8. The van der Waals surface area contributed by atoms with Crippen LogP contribution in [0.2, 0.25) is 0 Å². The fraction of sp³-hybridized carbons (Fsp3) is 0.292. The molecule has 0 radical (unpaired) electrons. The Balaban J connectivity index is 1.34. The van der Waals surface area contributed by atoms with E-state index in [1.54, 1.807) is 67.0 Å². The molecular weight excluding hydrogens is 733 g/mol. The van der Waals surface area contributed by atoms with E-state index in [2.05, 4.69) is 0 Å². The fourth-order valence-electron chi connectivity index (χ4n) is 6.32. The van der Waals surface area contributed by atoms with Gasteiger partial charge in [0.25, 0.3) is 0 Å². The summed E-state index contributed by atoms with van der Waals surface area (Å²) in [6.45, 7) is 2.26. The molecule has 2 amide bonds. The van der Waals surface area contributed by atoms with Crippen molar-refractivity contribution in [2.75, 3.05) is 55.7 Å². The molecule has 0 saturated carbocycles. The van der Waals surface area contributed by atoms with Crippen molar-refractivity contribution in [2.24, 2.45) is 0 Å². The maximum Gasteiger partial charge on any atom is 0.246 e. The Morgan fingerprint density at radius 1 is 0.466 bits per heavy atom. The first kappa shape index (κ1) is 44.3. The Kier molecular flexibility index (Phi) is 18.5. The zero-order valence-corrected chi connectivity index (χ0v) is 34.5. The number of carbonyl (C=O) groups is 2. The van der Waals surface area contributed by atoms with E-state index in [-0.39, 0.29) is 11.8 Å². The average molecular weight is 789 g/mol. The van der Waals surface area contributed by atoms with E-state index in [9.17, 15) is 9.59 Å². The first-order valence-electron chi connectivity index (χ1n) is 19.3. The van der Waals surface area contributed by atoms with Crippen LogP contribution in [0.25, 0.3) is 12.2 Å². The minimum atomic E-state index is -0.0656. The third kappa shape index (κ3) is 13.7. The Labute approximate surface area is 343 Å². The van der Waals surface area contributed by atoms with Gasteiger partial charge in [0.1, 0.15) is 0 Å². The van der Waals surface area contributed by atoms with E-state index in [0.717, 1.165) is 47.9 Å². The summed E-state index contributed by atoms with van der Waals surface area (Å²) in [7, 11) is 9.44. The van der Waals surface area contributed by atoms with Crippen LogP contribution < -0.4 is 28.4 Å². The number of rotatable bonds is 23. The summed E-state index contributed by atoms with van der Waals surface area (Å²) in [6, 6.07) is 27.4. The molecule has 306 valence electrons. The molecule has 0 aliphatic heterocycles. The molecule has 4 rings (SSSR count). The molecule has 0 bridgehead atoms. The summed E-state index contributed by atoms with van der Waals surface area (Å²) in [6.07, 6.45) is 17.6. The smallest absolute Gasteiger partial charge is 0.246 e. The molecule has 0 N–H and O–H groups in total. The fourth-order valence-corrected chi connectivity index (χ4v) is 6.32. The first-order valence-corrected chi connectivity index (χ1v) is 19.3. The number of nitrogens with zero attached hydrogens (tertiary/aromatic N) is 2. The summed E-state index contributed by atoms with van der Waals surface area (Å²) >= 11 is 0. The highest BCUT2D eigenvalue weighted by molar-refractivity contribution is 5.88. The Morgan fingerprint density at radius 3 is 1.12 bits per heavy atom. The SMILES string of the molecule is COc1cc(C=CC=CC(=O)N(CCCCCCN(Cc2ccccc2)C(=O)C=CC=Cc2cc(OC)c(OC)c(OC)c2)Cc2ccccc2)cc(OC)c1OC. The van der Waals surface area contributed by atoms with Gasteiger partial charge in [-0.15, -0.1) is 0 Å². The van der Waals surface area contributed by atoms with Crippen LogP contribution in [0.5, 0.6) is 34.5 Å². The van der Waals surface area contributed by atoms with Gasteiger partial charge in [0.2, 0.25) is 23.3 Å². The van der Waals surface area contributed by atoms with Crippen LogP contribution in [-0.4, -0.2) is 77.4 Å². The number of allylic oxidation sites excluding steroid dienone is 4. The van der Waals surface area contributed by atoms with Gasteiger partial charge in [0.05, 0.1) is 42.7 Å². The highest BCUT2D eigenvalue weighted by Crippen LogP contribution is 2.39. The quantitative estimate of drug-likeness (QED) is 0.0417. The molecule has 4 aromatic rings. The molecule has 0 fully saturated rings. The van der Waals surface area contributed by atoms with Crippen molar-refractivity contribution in [2.45, 2.75) is 38.8 Å². The Bertz CT molecular complexity index is 1810. The monoisotopic (exact) mass is 788 g/mol. The normalized spacial score (nSPS) is 11.3. The number of benzene rings is 4. The molecule has 0 saturated heterocycles. The molecule has 0 aliphatic carbocycles. The molecule has 0 aromatic heterocycles. The predicted molar refractivity (Wildman–Crippen MR) is 231 cm³/mol. The topological polar surface area (TPSA) is 96.0 Å². The second-order valence-electron chi connectivity index (χ2n) is 13.3. The zero-order valence-electron chi connectivity index (χ0n) is 34.5. The van der Waals surface area contributed by atoms with Crippen LogP contribution in [0.15, 0.2) is 121 Å². The Morgan fingerprint density at radius 2 is 0.810 bits per heavy atom. The number of unbranched alkanes of at least 4 members (excludes halogenated alkanes) is 3. The lowest BCUT2D eigenvalue weighted by Gasteiger charge is -2.23. The molecule has 10 nitrogen and oxygen atoms in total. The van der Waals surface area contributed by atoms with Gasteiger partial charge in [0.15, 0.2) is 23.0 Å². The minimum Gasteiger partial charge on any atom is -0.493 e. The van der Waals surface area contributed by atoms with Crippen LogP contribution >= 0.6 is 0 Å².